The van der Waals surface area contributed by atoms with Crippen LogP contribution in [0, 0.1) is 0 Å². The first kappa shape index (κ1) is 23.0. The van der Waals surface area contributed by atoms with Crippen LogP contribution >= 0.6 is 12.2 Å². The summed E-state index contributed by atoms with van der Waals surface area (Å²) in [5.74, 6) is 0.993. The first-order valence-corrected chi connectivity index (χ1v) is 10.8. The summed E-state index contributed by atoms with van der Waals surface area (Å²) in [6.45, 7) is 4.80. The molecule has 1 atom stereocenters. The van der Waals surface area contributed by atoms with E-state index in [1.54, 1.807) is 24.3 Å². The molecule has 0 saturated carbocycles. The number of thiocarbonyl (C=S) groups is 1. The third-order valence-electron chi connectivity index (χ3n) is 4.58. The van der Waals surface area contributed by atoms with Crippen molar-refractivity contribution >= 4 is 28.9 Å². The second-order valence-corrected chi connectivity index (χ2v) is 7.36. The third-order valence-corrected chi connectivity index (χ3v) is 4.78. The van der Waals surface area contributed by atoms with Gasteiger partial charge in [0.15, 0.2) is 5.11 Å². The molecule has 7 nitrogen and oxygen atoms in total. The van der Waals surface area contributed by atoms with E-state index >= 15 is 0 Å². The number of anilines is 1. The molecular weight excluding hydrogens is 416 g/mol. The highest BCUT2D eigenvalue weighted by Gasteiger charge is 2.16. The number of hydrogen-bond acceptors (Lipinski definition) is 6. The lowest BCUT2D eigenvalue weighted by Gasteiger charge is -2.14. The van der Waals surface area contributed by atoms with Crippen LogP contribution in [0.2, 0.25) is 0 Å². The van der Waals surface area contributed by atoms with E-state index < -0.39 is 0 Å². The Morgan fingerprint density at radius 1 is 1.13 bits per heavy atom. The number of ether oxygens (including phenoxy) is 4. The van der Waals surface area contributed by atoms with Crippen LogP contribution in [0.4, 0.5) is 5.69 Å². The summed E-state index contributed by atoms with van der Waals surface area (Å²) >= 11 is 5.29. The van der Waals surface area contributed by atoms with Gasteiger partial charge in [-0.2, -0.15) is 0 Å². The lowest BCUT2D eigenvalue weighted by Crippen LogP contribution is -2.34. The van der Waals surface area contributed by atoms with Crippen molar-refractivity contribution in [2.45, 2.75) is 25.9 Å². The molecule has 0 spiro atoms. The van der Waals surface area contributed by atoms with Crippen molar-refractivity contribution in [2.75, 3.05) is 38.4 Å². The predicted molar refractivity (Wildman–Crippen MR) is 123 cm³/mol. The number of carbonyl (C=O) groups excluding carboxylic acids is 1. The summed E-state index contributed by atoms with van der Waals surface area (Å²) in [5.41, 5.74) is 1.18. The number of rotatable bonds is 10. The standard InChI is InChI=1S/C23H28N2O5S/c1-2-27-12-13-29-19-8-3-6-17(14-19)22(26)25-23(31)24-18-7-4-9-20(15-18)30-16-21-10-5-11-28-21/h3-4,6-9,14-15,21H,2,5,10-13,16H2,1H3,(H2,24,25,26,31). The van der Waals surface area contributed by atoms with Crippen molar-refractivity contribution in [3.05, 3.63) is 54.1 Å². The van der Waals surface area contributed by atoms with Crippen molar-refractivity contribution < 1.29 is 23.7 Å². The fourth-order valence-electron chi connectivity index (χ4n) is 3.06. The van der Waals surface area contributed by atoms with Gasteiger partial charge in [-0.1, -0.05) is 12.1 Å². The van der Waals surface area contributed by atoms with Gasteiger partial charge in [-0.05, 0) is 62.3 Å². The van der Waals surface area contributed by atoms with Crippen molar-refractivity contribution in [1.29, 1.82) is 0 Å². The highest BCUT2D eigenvalue weighted by molar-refractivity contribution is 7.80. The van der Waals surface area contributed by atoms with E-state index in [0.717, 1.165) is 25.1 Å². The molecule has 1 saturated heterocycles. The number of benzene rings is 2. The zero-order valence-electron chi connectivity index (χ0n) is 17.6. The second kappa shape index (κ2) is 12.2. The maximum absolute atomic E-state index is 12.5. The minimum absolute atomic E-state index is 0.149. The van der Waals surface area contributed by atoms with Gasteiger partial charge in [0, 0.05) is 30.5 Å². The van der Waals surface area contributed by atoms with Gasteiger partial charge in [0.05, 0.1) is 12.7 Å². The van der Waals surface area contributed by atoms with Crippen LogP contribution in [-0.2, 0) is 9.47 Å². The first-order chi connectivity index (χ1) is 15.1. The van der Waals surface area contributed by atoms with E-state index in [1.807, 2.05) is 31.2 Å². The average Bonchev–Trinajstić information content (AvgIpc) is 3.29. The predicted octanol–water partition coefficient (Wildman–Crippen LogP) is 3.79. The Bertz CT molecular complexity index is 871. The molecule has 1 aliphatic rings. The quantitative estimate of drug-likeness (QED) is 0.426. The molecule has 1 fully saturated rings. The van der Waals surface area contributed by atoms with Crippen molar-refractivity contribution in [2.24, 2.45) is 0 Å². The van der Waals surface area contributed by atoms with Gasteiger partial charge in [-0.25, -0.2) is 0 Å². The summed E-state index contributed by atoms with van der Waals surface area (Å²) in [6, 6.07) is 14.3. The van der Waals surface area contributed by atoms with Crippen LogP contribution < -0.4 is 20.1 Å². The second-order valence-electron chi connectivity index (χ2n) is 6.96. The van der Waals surface area contributed by atoms with Crippen molar-refractivity contribution in [3.8, 4) is 11.5 Å². The van der Waals surface area contributed by atoms with E-state index in [0.29, 0.717) is 43.5 Å². The van der Waals surface area contributed by atoms with Crippen molar-refractivity contribution in [3.63, 3.8) is 0 Å². The normalized spacial score (nSPS) is 15.3. The van der Waals surface area contributed by atoms with Crippen LogP contribution in [0.25, 0.3) is 0 Å². The Kier molecular flexibility index (Phi) is 9.08. The molecular formula is C23H28N2O5S. The van der Waals surface area contributed by atoms with Crippen LogP contribution in [0.15, 0.2) is 48.5 Å². The Hall–Kier alpha value is -2.68. The molecule has 0 radical (unpaired) electrons. The number of nitrogens with one attached hydrogen (secondary N) is 2. The highest BCUT2D eigenvalue weighted by Crippen LogP contribution is 2.20. The first-order valence-electron chi connectivity index (χ1n) is 10.4. The monoisotopic (exact) mass is 444 g/mol. The van der Waals surface area contributed by atoms with Crippen LogP contribution in [-0.4, -0.2) is 50.2 Å². The Balaban J connectivity index is 1.48. The molecule has 2 N–H and O–H groups in total. The molecule has 0 aromatic heterocycles. The molecule has 3 rings (SSSR count). The lowest BCUT2D eigenvalue weighted by molar-refractivity contribution is 0.0680. The van der Waals surface area contributed by atoms with E-state index in [4.69, 9.17) is 31.2 Å². The molecule has 166 valence electrons. The Labute approximate surface area is 188 Å². The summed E-state index contributed by atoms with van der Waals surface area (Å²) in [5, 5.41) is 5.90. The minimum Gasteiger partial charge on any atom is -0.491 e. The van der Waals surface area contributed by atoms with Gasteiger partial charge in [-0.15, -0.1) is 0 Å². The van der Waals surface area contributed by atoms with E-state index in [9.17, 15) is 4.79 Å². The van der Waals surface area contributed by atoms with Crippen LogP contribution in [0.1, 0.15) is 30.1 Å². The lowest BCUT2D eigenvalue weighted by atomic mass is 10.2. The molecule has 1 aliphatic heterocycles. The summed E-state index contributed by atoms with van der Waals surface area (Å²) in [6.07, 6.45) is 2.24. The van der Waals surface area contributed by atoms with Gasteiger partial charge < -0.3 is 24.3 Å². The highest BCUT2D eigenvalue weighted by atomic mass is 32.1. The number of amides is 1. The topological polar surface area (TPSA) is 78.1 Å². The van der Waals surface area contributed by atoms with Gasteiger partial charge in [-0.3, -0.25) is 10.1 Å². The smallest absolute Gasteiger partial charge is 0.257 e. The Morgan fingerprint density at radius 2 is 1.94 bits per heavy atom. The summed E-state index contributed by atoms with van der Waals surface area (Å²) < 4.78 is 22.2. The van der Waals surface area contributed by atoms with Gasteiger partial charge >= 0.3 is 0 Å². The zero-order valence-corrected chi connectivity index (χ0v) is 18.4. The largest absolute Gasteiger partial charge is 0.491 e. The molecule has 1 heterocycles. The average molecular weight is 445 g/mol. The zero-order chi connectivity index (χ0) is 21.9. The maximum Gasteiger partial charge on any atom is 0.257 e. The maximum atomic E-state index is 12.5. The van der Waals surface area contributed by atoms with E-state index in [1.165, 1.54) is 0 Å². The van der Waals surface area contributed by atoms with Crippen LogP contribution in [0.5, 0.6) is 11.5 Å². The van der Waals surface area contributed by atoms with Crippen molar-refractivity contribution in [1.82, 2.24) is 5.32 Å². The summed E-state index contributed by atoms with van der Waals surface area (Å²) in [7, 11) is 0. The van der Waals surface area contributed by atoms with Gasteiger partial charge in [0.2, 0.25) is 0 Å². The molecule has 0 bridgehead atoms. The third kappa shape index (κ3) is 7.82. The van der Waals surface area contributed by atoms with Gasteiger partial charge in [0.1, 0.15) is 24.7 Å². The summed E-state index contributed by atoms with van der Waals surface area (Å²) in [4.78, 5) is 12.5. The number of hydrogen-bond donors (Lipinski definition) is 2. The van der Waals surface area contributed by atoms with Crippen LogP contribution in [0.3, 0.4) is 0 Å². The fraction of sp³-hybridized carbons (Fsp3) is 0.391. The van der Waals surface area contributed by atoms with Gasteiger partial charge in [0.25, 0.3) is 5.91 Å². The molecule has 0 aliphatic carbocycles. The number of carbonyl (C=O) groups is 1. The molecule has 8 heteroatoms. The molecule has 1 amide bonds. The van der Waals surface area contributed by atoms with E-state index in [2.05, 4.69) is 10.6 Å². The molecule has 31 heavy (non-hydrogen) atoms. The molecule has 2 aromatic rings. The minimum atomic E-state index is -0.321. The molecule has 2 aromatic carbocycles. The molecule has 1 unspecified atom stereocenters. The van der Waals surface area contributed by atoms with E-state index in [-0.39, 0.29) is 17.1 Å². The fourth-order valence-corrected chi connectivity index (χ4v) is 3.27. The SMILES string of the molecule is CCOCCOc1cccc(C(=O)NC(=S)Nc2cccc(OCC3CCCO3)c2)c1. The Morgan fingerprint density at radius 3 is 2.71 bits per heavy atom.